The maximum absolute atomic E-state index is 9.91. The summed E-state index contributed by atoms with van der Waals surface area (Å²) in [6, 6.07) is 0. The summed E-state index contributed by atoms with van der Waals surface area (Å²) in [5, 5.41) is 0. The van der Waals surface area contributed by atoms with Crippen molar-refractivity contribution in [2.24, 2.45) is 5.73 Å². The van der Waals surface area contributed by atoms with Crippen molar-refractivity contribution in [3.63, 3.8) is 0 Å². The van der Waals surface area contributed by atoms with Gasteiger partial charge in [0.15, 0.2) is 0 Å². The van der Waals surface area contributed by atoms with E-state index in [1.165, 1.54) is 0 Å². The Balaban J connectivity index is 0. The molecule has 0 bridgehead atoms. The number of carbonyl (C=O) groups excluding carboxylic acids is 1. The summed E-state index contributed by atoms with van der Waals surface area (Å²) in [5.41, 5.74) is 4.61. The zero-order chi connectivity index (χ0) is 7.49. The predicted octanol–water partition coefficient (Wildman–Crippen LogP) is -3.06. The van der Waals surface area contributed by atoms with E-state index in [1.807, 2.05) is 0 Å². The van der Waals surface area contributed by atoms with Crippen molar-refractivity contribution in [3.8, 4) is 0 Å². The van der Waals surface area contributed by atoms with Crippen molar-refractivity contribution in [2.45, 2.75) is 0 Å². The first-order valence-corrected chi connectivity index (χ1v) is 3.36. The van der Waals surface area contributed by atoms with Crippen LogP contribution in [0.4, 0.5) is 0 Å². The summed E-state index contributed by atoms with van der Waals surface area (Å²) in [7, 11) is -5.17. The molecular weight excluding hydrogens is 189 g/mol. The molecule has 0 radical (unpaired) electrons. The fourth-order valence-electron chi connectivity index (χ4n) is 0.162. The van der Waals surface area contributed by atoms with E-state index >= 15 is 0 Å². The Kier molecular flexibility index (Phi) is 7.37. The Hall–Kier alpha value is 0.840. The van der Waals surface area contributed by atoms with Crippen LogP contribution in [0.2, 0.25) is 0 Å². The Labute approximate surface area is 87.0 Å². The second-order valence-corrected chi connectivity index (χ2v) is 2.19. The molecule has 0 rings (SSSR count). The zero-order valence-corrected chi connectivity index (χ0v) is 8.08. The van der Waals surface area contributed by atoms with Gasteiger partial charge in [-0.3, -0.25) is 4.79 Å². The van der Waals surface area contributed by atoms with Crippen LogP contribution in [-0.2, 0) is 13.9 Å². The van der Waals surface area contributed by atoms with E-state index in [4.69, 9.17) is 0 Å². The first-order chi connectivity index (χ1) is 3.95. The molecule has 0 aromatic carbocycles. The van der Waals surface area contributed by atoms with Crippen molar-refractivity contribution in [3.05, 3.63) is 0 Å². The maximum atomic E-state index is 9.91. The monoisotopic (exact) mass is 193 g/mol. The van der Waals surface area contributed by atoms with Gasteiger partial charge in [-0.05, 0) is 0 Å². The van der Waals surface area contributed by atoms with Crippen LogP contribution in [-0.4, -0.2) is 50.3 Å². The molecule has 2 N–H and O–H groups in total. The molecule has 0 atom stereocenters. The molecule has 0 fully saturated rings. The Bertz CT molecular complexity index is 154. The second kappa shape index (κ2) is 5.49. The van der Waals surface area contributed by atoms with Crippen LogP contribution in [0.1, 0.15) is 0 Å². The van der Waals surface area contributed by atoms with Crippen molar-refractivity contribution in [1.82, 2.24) is 0 Å². The number of rotatable bonds is 2. The SMILES string of the molecule is NCC(=O)OP(=O)([O-])[O-].[Ca+2]. The van der Waals surface area contributed by atoms with E-state index in [0.29, 0.717) is 0 Å². The number of phosphoric ester groups is 1. The average Bonchev–Trinajstić information content (AvgIpc) is 1.62. The third kappa shape index (κ3) is 8.84. The molecule has 0 aliphatic rings. The van der Waals surface area contributed by atoms with Gasteiger partial charge in [-0.1, -0.05) is 0 Å². The minimum atomic E-state index is -5.17. The minimum Gasteiger partial charge on any atom is -0.780 e. The van der Waals surface area contributed by atoms with Crippen molar-refractivity contribution >= 4 is 51.5 Å². The molecular formula is C2H4CaNO5P. The van der Waals surface area contributed by atoms with Crippen LogP contribution in [0.3, 0.4) is 0 Å². The van der Waals surface area contributed by atoms with E-state index in [1.54, 1.807) is 0 Å². The van der Waals surface area contributed by atoms with Gasteiger partial charge in [0.05, 0.1) is 6.54 Å². The molecule has 0 unspecified atom stereocenters. The van der Waals surface area contributed by atoms with Crippen molar-refractivity contribution < 1.29 is 23.7 Å². The molecule has 0 saturated carbocycles. The number of hydrogen-bond donors (Lipinski definition) is 1. The predicted molar refractivity (Wildman–Crippen MR) is 28.5 cm³/mol. The smallest absolute Gasteiger partial charge is 0.780 e. The van der Waals surface area contributed by atoms with E-state index in [9.17, 15) is 19.1 Å². The van der Waals surface area contributed by atoms with Gasteiger partial charge in [0, 0.05) is 0 Å². The fraction of sp³-hybridized carbons (Fsp3) is 0.500. The summed E-state index contributed by atoms with van der Waals surface area (Å²) >= 11 is 0. The van der Waals surface area contributed by atoms with Gasteiger partial charge >= 0.3 is 43.7 Å². The molecule has 0 saturated heterocycles. The van der Waals surface area contributed by atoms with E-state index in [2.05, 4.69) is 10.3 Å². The molecule has 6 nitrogen and oxygen atoms in total. The van der Waals surface area contributed by atoms with Gasteiger partial charge in [0.1, 0.15) is 7.82 Å². The normalized spacial score (nSPS) is 9.90. The Morgan fingerprint density at radius 2 is 2.00 bits per heavy atom. The summed E-state index contributed by atoms with van der Waals surface area (Å²) in [4.78, 5) is 29.1. The second-order valence-electron chi connectivity index (χ2n) is 1.11. The minimum absolute atomic E-state index is 0. The maximum Gasteiger partial charge on any atom is 2.00 e. The van der Waals surface area contributed by atoms with Crippen LogP contribution in [0.5, 0.6) is 0 Å². The molecule has 0 heterocycles. The van der Waals surface area contributed by atoms with Crippen LogP contribution in [0.25, 0.3) is 0 Å². The van der Waals surface area contributed by atoms with E-state index in [0.717, 1.165) is 0 Å². The van der Waals surface area contributed by atoms with Gasteiger partial charge < -0.3 is 24.6 Å². The van der Waals surface area contributed by atoms with Gasteiger partial charge in [-0.15, -0.1) is 0 Å². The standard InChI is InChI=1S/C2H6NO5P.Ca/c3-1-2(4)8-9(5,6)7;/h1,3H2,(H2,5,6,7);/q;+2/p-2. The summed E-state index contributed by atoms with van der Waals surface area (Å²) in [5.74, 6) is -1.25. The largest absolute Gasteiger partial charge is 2.00 e. The van der Waals surface area contributed by atoms with Crippen molar-refractivity contribution in [2.75, 3.05) is 6.54 Å². The number of nitrogens with two attached hydrogens (primary N) is 1. The van der Waals surface area contributed by atoms with Crippen LogP contribution >= 0.6 is 7.82 Å². The van der Waals surface area contributed by atoms with Crippen LogP contribution in [0, 0.1) is 0 Å². The quantitative estimate of drug-likeness (QED) is 0.367. The van der Waals surface area contributed by atoms with Gasteiger partial charge in [-0.25, -0.2) is 0 Å². The van der Waals surface area contributed by atoms with E-state index < -0.39 is 20.3 Å². The fourth-order valence-corrected chi connectivity index (χ4v) is 0.486. The Morgan fingerprint density at radius 1 is 1.60 bits per heavy atom. The molecule has 0 aromatic rings. The van der Waals surface area contributed by atoms with Crippen molar-refractivity contribution in [1.29, 1.82) is 0 Å². The summed E-state index contributed by atoms with van der Waals surface area (Å²) in [6.45, 7) is -0.617. The van der Waals surface area contributed by atoms with Crippen LogP contribution < -0.4 is 15.5 Å². The number of hydrogen-bond acceptors (Lipinski definition) is 6. The average molecular weight is 193 g/mol. The molecule has 0 aliphatic heterocycles. The first-order valence-electron chi connectivity index (χ1n) is 1.90. The molecule has 10 heavy (non-hydrogen) atoms. The molecule has 0 spiro atoms. The molecule has 0 amide bonds. The zero-order valence-electron chi connectivity index (χ0n) is 4.98. The number of phosphoric acid groups is 1. The molecule has 0 aromatic heterocycles. The first kappa shape index (κ1) is 13.4. The third-order valence-electron chi connectivity index (χ3n) is 0.380. The molecule has 54 valence electrons. The summed E-state index contributed by atoms with van der Waals surface area (Å²) in [6.07, 6.45) is 0. The molecule has 0 aliphatic carbocycles. The topological polar surface area (TPSA) is 116 Å². The Morgan fingerprint density at radius 3 is 2.10 bits per heavy atom. The van der Waals surface area contributed by atoms with E-state index in [-0.39, 0.29) is 37.7 Å². The van der Waals surface area contributed by atoms with Gasteiger partial charge in [0.25, 0.3) is 0 Å². The van der Waals surface area contributed by atoms with Gasteiger partial charge in [0.2, 0.25) is 0 Å². The number of carbonyl (C=O) groups is 1. The molecule has 8 heteroatoms. The van der Waals surface area contributed by atoms with Gasteiger partial charge in [-0.2, -0.15) is 0 Å². The third-order valence-corrected chi connectivity index (χ3v) is 0.808. The summed E-state index contributed by atoms with van der Waals surface area (Å²) < 4.78 is 12.8. The van der Waals surface area contributed by atoms with Crippen LogP contribution in [0.15, 0.2) is 0 Å².